The molecule has 2 aromatic rings. The minimum absolute atomic E-state index is 1.04. The topological polar surface area (TPSA) is 12.0 Å². The molecule has 0 aliphatic heterocycles. The predicted molar refractivity (Wildman–Crippen MR) is 89.0 cm³/mol. The summed E-state index contributed by atoms with van der Waals surface area (Å²) in [4.78, 5) is 0. The third-order valence-corrected chi connectivity index (χ3v) is 3.41. The highest BCUT2D eigenvalue weighted by Crippen LogP contribution is 2.20. The molecule has 1 nitrogen and oxygen atoms in total. The average molecular weight is 265 g/mol. The van der Waals surface area contributed by atoms with Gasteiger partial charge in [0.25, 0.3) is 0 Å². The van der Waals surface area contributed by atoms with Crippen LogP contribution in [-0.4, -0.2) is 6.54 Å². The van der Waals surface area contributed by atoms with Crippen LogP contribution in [0.2, 0.25) is 0 Å². The first kappa shape index (κ1) is 14.4. The Labute approximate surface area is 122 Å². The Morgan fingerprint density at radius 1 is 0.800 bits per heavy atom. The monoisotopic (exact) mass is 265 g/mol. The van der Waals surface area contributed by atoms with Gasteiger partial charge < -0.3 is 5.32 Å². The zero-order valence-corrected chi connectivity index (χ0v) is 12.0. The van der Waals surface area contributed by atoms with Gasteiger partial charge >= 0.3 is 0 Å². The van der Waals surface area contributed by atoms with Crippen molar-refractivity contribution in [2.75, 3.05) is 11.9 Å². The van der Waals surface area contributed by atoms with Crippen LogP contribution < -0.4 is 5.32 Å². The molecular formula is C19H23N. The zero-order chi connectivity index (χ0) is 14.0. The molecule has 0 saturated heterocycles. The molecule has 1 heteroatoms. The van der Waals surface area contributed by atoms with Gasteiger partial charge in [-0.15, -0.1) is 6.58 Å². The second-order valence-corrected chi connectivity index (χ2v) is 5.01. The number of unbranched alkanes of at least 4 members (excludes halogenated alkanes) is 3. The third kappa shape index (κ3) is 4.58. The highest BCUT2D eigenvalue weighted by atomic mass is 14.9. The molecule has 2 aromatic carbocycles. The fourth-order valence-corrected chi connectivity index (χ4v) is 2.23. The summed E-state index contributed by atoms with van der Waals surface area (Å²) in [5, 5.41) is 3.47. The van der Waals surface area contributed by atoms with Crippen LogP contribution in [0.15, 0.2) is 67.3 Å². The number of allylic oxidation sites excluding steroid dienone is 1. The van der Waals surface area contributed by atoms with Gasteiger partial charge in [-0.05, 0) is 42.5 Å². The van der Waals surface area contributed by atoms with Crippen molar-refractivity contribution in [2.24, 2.45) is 0 Å². The Kier molecular flexibility index (Phi) is 5.91. The lowest BCUT2D eigenvalue weighted by atomic mass is 10.1. The van der Waals surface area contributed by atoms with Crippen molar-refractivity contribution in [1.29, 1.82) is 0 Å². The van der Waals surface area contributed by atoms with Crippen LogP contribution in [0.25, 0.3) is 11.1 Å². The van der Waals surface area contributed by atoms with E-state index in [-0.39, 0.29) is 0 Å². The molecule has 2 rings (SSSR count). The summed E-state index contributed by atoms with van der Waals surface area (Å²) in [6.45, 7) is 4.79. The molecule has 0 radical (unpaired) electrons. The lowest BCUT2D eigenvalue weighted by Gasteiger charge is -2.07. The van der Waals surface area contributed by atoms with E-state index in [1.807, 2.05) is 12.1 Å². The van der Waals surface area contributed by atoms with Crippen LogP contribution in [0.3, 0.4) is 0 Å². The molecule has 0 unspecified atom stereocenters. The molecule has 0 amide bonds. The van der Waals surface area contributed by atoms with Crippen molar-refractivity contribution in [3.63, 3.8) is 0 Å². The van der Waals surface area contributed by atoms with E-state index in [0.29, 0.717) is 0 Å². The Balaban J connectivity index is 1.79. The minimum atomic E-state index is 1.04. The number of hydrogen-bond donors (Lipinski definition) is 1. The molecule has 0 fully saturated rings. The van der Waals surface area contributed by atoms with Gasteiger partial charge in [-0.1, -0.05) is 55.0 Å². The first-order chi connectivity index (χ1) is 9.90. The third-order valence-electron chi connectivity index (χ3n) is 3.41. The lowest BCUT2D eigenvalue weighted by Crippen LogP contribution is -2.00. The van der Waals surface area contributed by atoms with E-state index >= 15 is 0 Å². The molecule has 104 valence electrons. The molecule has 0 spiro atoms. The fraction of sp³-hybridized carbons (Fsp3) is 0.263. The van der Waals surface area contributed by atoms with Crippen LogP contribution in [0.4, 0.5) is 5.69 Å². The smallest absolute Gasteiger partial charge is 0.0340 e. The summed E-state index contributed by atoms with van der Waals surface area (Å²) in [7, 11) is 0. The number of anilines is 1. The molecule has 0 atom stereocenters. The highest BCUT2D eigenvalue weighted by Gasteiger charge is 1.97. The van der Waals surface area contributed by atoms with Crippen LogP contribution in [0, 0.1) is 0 Å². The summed E-state index contributed by atoms with van der Waals surface area (Å²) in [6, 6.07) is 19.1. The quantitative estimate of drug-likeness (QED) is 0.490. The average Bonchev–Trinajstić information content (AvgIpc) is 2.52. The number of benzene rings is 2. The lowest BCUT2D eigenvalue weighted by molar-refractivity contribution is 0.709. The second kappa shape index (κ2) is 8.21. The number of rotatable bonds is 8. The molecule has 0 aliphatic rings. The summed E-state index contributed by atoms with van der Waals surface area (Å²) in [5.74, 6) is 0. The molecule has 0 aromatic heterocycles. The first-order valence-electron chi connectivity index (χ1n) is 7.40. The Morgan fingerprint density at radius 3 is 2.20 bits per heavy atom. The second-order valence-electron chi connectivity index (χ2n) is 5.01. The fourth-order valence-electron chi connectivity index (χ4n) is 2.23. The Hall–Kier alpha value is -2.02. The van der Waals surface area contributed by atoms with Gasteiger partial charge in [0.15, 0.2) is 0 Å². The van der Waals surface area contributed by atoms with Crippen LogP contribution in [-0.2, 0) is 0 Å². The Bertz CT molecular complexity index is 499. The maximum atomic E-state index is 3.74. The number of hydrogen-bond acceptors (Lipinski definition) is 1. The maximum absolute atomic E-state index is 3.74. The van der Waals surface area contributed by atoms with E-state index in [0.717, 1.165) is 13.0 Å². The van der Waals surface area contributed by atoms with E-state index < -0.39 is 0 Å². The predicted octanol–water partition coefficient (Wildman–Crippen LogP) is 5.51. The van der Waals surface area contributed by atoms with Gasteiger partial charge in [-0.2, -0.15) is 0 Å². The van der Waals surface area contributed by atoms with Gasteiger partial charge in [0, 0.05) is 12.2 Å². The van der Waals surface area contributed by atoms with E-state index in [9.17, 15) is 0 Å². The van der Waals surface area contributed by atoms with Crippen molar-refractivity contribution in [1.82, 2.24) is 0 Å². The van der Waals surface area contributed by atoms with Gasteiger partial charge in [0.1, 0.15) is 0 Å². The van der Waals surface area contributed by atoms with Gasteiger partial charge in [0.2, 0.25) is 0 Å². The SMILES string of the molecule is C=CCCCCCNc1ccc(-c2ccccc2)cc1. The van der Waals surface area contributed by atoms with Crippen LogP contribution in [0.5, 0.6) is 0 Å². The normalized spacial score (nSPS) is 10.2. The maximum Gasteiger partial charge on any atom is 0.0340 e. The van der Waals surface area contributed by atoms with E-state index in [2.05, 4.69) is 60.4 Å². The standard InChI is InChI=1S/C19H23N/c1-2-3-4-5-9-16-20-19-14-12-18(13-15-19)17-10-7-6-8-11-17/h2,6-8,10-15,20H,1,3-5,9,16H2. The van der Waals surface area contributed by atoms with Gasteiger partial charge in [-0.3, -0.25) is 0 Å². The van der Waals surface area contributed by atoms with Crippen molar-refractivity contribution in [2.45, 2.75) is 25.7 Å². The van der Waals surface area contributed by atoms with Gasteiger partial charge in [0.05, 0.1) is 0 Å². The molecule has 0 saturated carbocycles. The summed E-state index contributed by atoms with van der Waals surface area (Å²) in [5.41, 5.74) is 3.74. The summed E-state index contributed by atoms with van der Waals surface area (Å²) >= 11 is 0. The van der Waals surface area contributed by atoms with Crippen molar-refractivity contribution in [3.8, 4) is 11.1 Å². The molecule has 0 heterocycles. The van der Waals surface area contributed by atoms with Crippen LogP contribution >= 0.6 is 0 Å². The largest absolute Gasteiger partial charge is 0.385 e. The van der Waals surface area contributed by atoms with Gasteiger partial charge in [-0.25, -0.2) is 0 Å². The summed E-state index contributed by atoms with van der Waals surface area (Å²) in [6.07, 6.45) is 6.86. The molecule has 20 heavy (non-hydrogen) atoms. The molecule has 1 N–H and O–H groups in total. The van der Waals surface area contributed by atoms with Crippen molar-refractivity contribution in [3.05, 3.63) is 67.3 Å². The number of nitrogens with one attached hydrogen (secondary N) is 1. The van der Waals surface area contributed by atoms with Crippen molar-refractivity contribution >= 4 is 5.69 Å². The minimum Gasteiger partial charge on any atom is -0.385 e. The first-order valence-corrected chi connectivity index (χ1v) is 7.40. The zero-order valence-electron chi connectivity index (χ0n) is 12.0. The van der Waals surface area contributed by atoms with E-state index in [4.69, 9.17) is 0 Å². The van der Waals surface area contributed by atoms with E-state index in [1.165, 1.54) is 36.1 Å². The Morgan fingerprint density at radius 2 is 1.50 bits per heavy atom. The molecule has 0 aliphatic carbocycles. The summed E-state index contributed by atoms with van der Waals surface area (Å²) < 4.78 is 0. The highest BCUT2D eigenvalue weighted by molar-refractivity contribution is 5.65. The van der Waals surface area contributed by atoms with E-state index in [1.54, 1.807) is 0 Å². The molecular weight excluding hydrogens is 242 g/mol. The molecule has 0 bridgehead atoms. The van der Waals surface area contributed by atoms with Crippen molar-refractivity contribution < 1.29 is 0 Å². The van der Waals surface area contributed by atoms with Crippen LogP contribution in [0.1, 0.15) is 25.7 Å².